The van der Waals surface area contributed by atoms with Crippen molar-refractivity contribution in [2.24, 2.45) is 5.92 Å². The van der Waals surface area contributed by atoms with Gasteiger partial charge in [0.05, 0.1) is 5.52 Å². The van der Waals surface area contributed by atoms with Gasteiger partial charge in [-0.3, -0.25) is 0 Å². The Morgan fingerprint density at radius 1 is 1.08 bits per heavy atom. The van der Waals surface area contributed by atoms with Gasteiger partial charge >= 0.3 is 0 Å². The fourth-order valence-electron chi connectivity index (χ4n) is 2.95. The van der Waals surface area contributed by atoms with Gasteiger partial charge < -0.3 is 4.98 Å². The molecule has 2 heterocycles. The van der Waals surface area contributed by atoms with Crippen molar-refractivity contribution in [1.29, 1.82) is 0 Å². The van der Waals surface area contributed by atoms with Gasteiger partial charge in [0.1, 0.15) is 5.82 Å². The number of benzene rings is 1. The molecule has 1 aromatic carbocycles. The lowest BCUT2D eigenvalue weighted by Gasteiger charge is -2.10. The van der Waals surface area contributed by atoms with E-state index in [2.05, 4.69) is 21.9 Å². The Bertz CT molecular complexity index is 760. The van der Waals surface area contributed by atoms with Gasteiger partial charge in [-0.2, -0.15) is 0 Å². The highest BCUT2D eigenvalue weighted by atomic mass is 35.5. The molecule has 1 atom stereocenters. The number of rotatable bonds is 7. The third kappa shape index (κ3) is 4.71. The monoisotopic (exact) mass is 361 g/mol. The average molecular weight is 362 g/mol. The maximum absolute atomic E-state index is 6.04. The highest BCUT2D eigenvalue weighted by molar-refractivity contribution is 6.34. The lowest BCUT2D eigenvalue weighted by molar-refractivity contribution is 0.471. The SMILES string of the molecule is C[C@@H](CCCc1cc(Cl)cc(Cl)c1)CCc1nc2ncccc2[nH]1. The Morgan fingerprint density at radius 2 is 1.88 bits per heavy atom. The zero-order valence-electron chi connectivity index (χ0n) is 13.7. The summed E-state index contributed by atoms with van der Waals surface area (Å²) in [5, 5.41) is 1.42. The van der Waals surface area contributed by atoms with Crippen LogP contribution >= 0.6 is 23.2 Å². The molecule has 0 spiro atoms. The van der Waals surface area contributed by atoms with Gasteiger partial charge in [0, 0.05) is 22.7 Å². The fraction of sp³-hybridized carbons (Fsp3) is 0.368. The third-order valence-electron chi connectivity index (χ3n) is 4.27. The lowest BCUT2D eigenvalue weighted by Crippen LogP contribution is -2.00. The van der Waals surface area contributed by atoms with Gasteiger partial charge in [-0.1, -0.05) is 36.5 Å². The highest BCUT2D eigenvalue weighted by Crippen LogP contribution is 2.22. The number of hydrogen-bond donors (Lipinski definition) is 1. The predicted molar refractivity (Wildman–Crippen MR) is 101 cm³/mol. The summed E-state index contributed by atoms with van der Waals surface area (Å²) in [4.78, 5) is 12.1. The number of halogens is 2. The van der Waals surface area contributed by atoms with Crippen molar-refractivity contribution in [3.63, 3.8) is 0 Å². The first-order valence-electron chi connectivity index (χ1n) is 8.35. The van der Waals surface area contributed by atoms with Gasteiger partial charge in [-0.05, 0) is 61.1 Å². The van der Waals surface area contributed by atoms with Crippen LogP contribution < -0.4 is 0 Å². The largest absolute Gasteiger partial charge is 0.341 e. The summed E-state index contributed by atoms with van der Waals surface area (Å²) in [6.45, 7) is 2.30. The number of aromatic nitrogens is 3. The third-order valence-corrected chi connectivity index (χ3v) is 4.70. The Kier molecular flexibility index (Phi) is 5.75. The van der Waals surface area contributed by atoms with Crippen LogP contribution in [0.1, 0.15) is 37.6 Å². The smallest absolute Gasteiger partial charge is 0.177 e. The van der Waals surface area contributed by atoms with Gasteiger partial charge in [0.2, 0.25) is 0 Å². The number of hydrogen-bond acceptors (Lipinski definition) is 2. The molecule has 5 heteroatoms. The van der Waals surface area contributed by atoms with Crippen LogP contribution in [-0.4, -0.2) is 15.0 Å². The topological polar surface area (TPSA) is 41.6 Å². The lowest BCUT2D eigenvalue weighted by atomic mass is 9.97. The Balaban J connectivity index is 1.44. The molecule has 24 heavy (non-hydrogen) atoms. The Morgan fingerprint density at radius 3 is 2.62 bits per heavy atom. The van der Waals surface area contributed by atoms with Crippen molar-refractivity contribution >= 4 is 34.4 Å². The molecule has 0 amide bonds. The molecule has 0 saturated heterocycles. The van der Waals surface area contributed by atoms with E-state index in [-0.39, 0.29) is 0 Å². The highest BCUT2D eigenvalue weighted by Gasteiger charge is 2.07. The second kappa shape index (κ2) is 8.00. The van der Waals surface area contributed by atoms with Crippen LogP contribution in [0, 0.1) is 5.92 Å². The van der Waals surface area contributed by atoms with Crippen molar-refractivity contribution in [2.75, 3.05) is 0 Å². The number of H-pyrrole nitrogens is 1. The molecule has 0 bridgehead atoms. The number of nitrogens with one attached hydrogen (secondary N) is 1. The zero-order chi connectivity index (χ0) is 16.9. The van der Waals surface area contributed by atoms with Crippen LogP contribution in [0.3, 0.4) is 0 Å². The van der Waals surface area contributed by atoms with E-state index in [1.165, 1.54) is 12.0 Å². The molecule has 0 radical (unpaired) electrons. The maximum atomic E-state index is 6.04. The molecular formula is C19H21Cl2N3. The fourth-order valence-corrected chi connectivity index (χ4v) is 3.52. The van der Waals surface area contributed by atoms with E-state index < -0.39 is 0 Å². The summed E-state index contributed by atoms with van der Waals surface area (Å²) in [5.74, 6) is 1.68. The normalized spacial score (nSPS) is 12.6. The number of nitrogens with zero attached hydrogens (tertiary/aromatic N) is 2. The molecule has 0 aliphatic heterocycles. The minimum atomic E-state index is 0.654. The zero-order valence-corrected chi connectivity index (χ0v) is 15.2. The van der Waals surface area contributed by atoms with Crippen LogP contribution in [0.15, 0.2) is 36.5 Å². The van der Waals surface area contributed by atoms with Crippen molar-refractivity contribution in [1.82, 2.24) is 15.0 Å². The van der Waals surface area contributed by atoms with E-state index >= 15 is 0 Å². The quantitative estimate of drug-likeness (QED) is 0.572. The molecule has 3 aromatic rings. The van der Waals surface area contributed by atoms with Crippen LogP contribution in [0.5, 0.6) is 0 Å². The van der Waals surface area contributed by atoms with Crippen LogP contribution in [0.25, 0.3) is 11.2 Å². The van der Waals surface area contributed by atoms with Gasteiger partial charge in [-0.15, -0.1) is 0 Å². The molecule has 0 fully saturated rings. The van der Waals surface area contributed by atoms with E-state index in [1.54, 1.807) is 12.3 Å². The minimum Gasteiger partial charge on any atom is -0.341 e. The Hall–Kier alpha value is -1.58. The molecule has 0 unspecified atom stereocenters. The predicted octanol–water partition coefficient (Wildman–Crippen LogP) is 5.86. The van der Waals surface area contributed by atoms with E-state index in [4.69, 9.17) is 23.2 Å². The summed E-state index contributed by atoms with van der Waals surface area (Å²) in [6, 6.07) is 9.71. The summed E-state index contributed by atoms with van der Waals surface area (Å²) in [7, 11) is 0. The molecule has 126 valence electrons. The minimum absolute atomic E-state index is 0.654. The molecule has 0 aliphatic rings. The molecule has 3 rings (SSSR count). The first-order valence-corrected chi connectivity index (χ1v) is 9.10. The average Bonchev–Trinajstić information content (AvgIpc) is 2.95. The molecule has 1 N–H and O–H groups in total. The number of aromatic amines is 1. The van der Waals surface area contributed by atoms with E-state index in [1.807, 2.05) is 24.3 Å². The standard InChI is InChI=1S/C19H21Cl2N3/c1-13(4-2-5-14-10-15(20)12-16(21)11-14)7-8-18-23-17-6-3-9-22-19(17)24-18/h3,6,9-13H,2,4-5,7-8H2,1H3,(H,22,23,24)/t13-/m0/s1. The maximum Gasteiger partial charge on any atom is 0.177 e. The van der Waals surface area contributed by atoms with Crippen molar-refractivity contribution in [3.8, 4) is 0 Å². The first kappa shape index (κ1) is 17.2. The van der Waals surface area contributed by atoms with E-state index in [9.17, 15) is 0 Å². The molecule has 0 aliphatic carbocycles. The summed E-state index contributed by atoms with van der Waals surface area (Å²) in [5.41, 5.74) is 3.03. The van der Waals surface area contributed by atoms with E-state index in [0.29, 0.717) is 16.0 Å². The van der Waals surface area contributed by atoms with Gasteiger partial charge in [0.15, 0.2) is 5.65 Å². The van der Waals surface area contributed by atoms with E-state index in [0.717, 1.165) is 42.7 Å². The Labute approximate surface area is 152 Å². The first-order chi connectivity index (χ1) is 11.6. The van der Waals surface area contributed by atoms with Crippen molar-refractivity contribution < 1.29 is 0 Å². The van der Waals surface area contributed by atoms with Crippen molar-refractivity contribution in [3.05, 3.63) is 58.0 Å². The molecule has 0 saturated carbocycles. The second-order valence-corrected chi connectivity index (χ2v) is 7.24. The summed E-state index contributed by atoms with van der Waals surface area (Å²) >= 11 is 12.1. The van der Waals surface area contributed by atoms with Crippen LogP contribution in [-0.2, 0) is 12.8 Å². The van der Waals surface area contributed by atoms with Crippen LogP contribution in [0.2, 0.25) is 10.0 Å². The summed E-state index contributed by atoms with van der Waals surface area (Å²) < 4.78 is 0. The number of imidazole rings is 1. The second-order valence-electron chi connectivity index (χ2n) is 6.37. The molecule has 3 nitrogen and oxygen atoms in total. The molecular weight excluding hydrogens is 341 g/mol. The summed E-state index contributed by atoms with van der Waals surface area (Å²) in [6.07, 6.45) is 7.19. The van der Waals surface area contributed by atoms with Gasteiger partial charge in [0.25, 0.3) is 0 Å². The number of pyridine rings is 1. The molecule has 2 aromatic heterocycles. The van der Waals surface area contributed by atoms with Crippen molar-refractivity contribution in [2.45, 2.75) is 39.0 Å². The van der Waals surface area contributed by atoms with Gasteiger partial charge in [-0.25, -0.2) is 9.97 Å². The number of fused-ring (bicyclic) bond motifs is 1. The van der Waals surface area contributed by atoms with Crippen LogP contribution in [0.4, 0.5) is 0 Å². The number of aryl methyl sites for hydroxylation is 2.